The molecule has 0 heterocycles. The third kappa shape index (κ3) is 14.3. The van der Waals surface area contributed by atoms with Crippen molar-refractivity contribution in [3.63, 3.8) is 0 Å². The van der Waals surface area contributed by atoms with Crippen molar-refractivity contribution in [1.29, 1.82) is 0 Å². The number of hydrogen-bond acceptors (Lipinski definition) is 1. The minimum atomic E-state index is 0.0241. The Morgan fingerprint density at radius 1 is 0.800 bits per heavy atom. The molecule has 90 valence electrons. The van der Waals surface area contributed by atoms with Crippen molar-refractivity contribution in [1.82, 2.24) is 0 Å². The fourth-order valence-electron chi connectivity index (χ4n) is 1.61. The molecule has 0 aromatic heterocycles. The maximum absolute atomic E-state index is 10.5. The molecule has 0 radical (unpaired) electrons. The Hall–Kier alpha value is 0.310. The van der Waals surface area contributed by atoms with Gasteiger partial charge >= 0.3 is 0 Å². The van der Waals surface area contributed by atoms with Gasteiger partial charge in [-0.3, -0.25) is 4.79 Å². The van der Waals surface area contributed by atoms with E-state index in [2.05, 4.69) is 12.6 Å². The monoisotopic (exact) mass is 250 g/mol. The molecule has 0 amide bonds. The Morgan fingerprint density at radius 2 is 1.20 bits per heavy atom. The van der Waals surface area contributed by atoms with E-state index < -0.39 is 0 Å². The van der Waals surface area contributed by atoms with Gasteiger partial charge in [-0.1, -0.05) is 44.9 Å². The summed E-state index contributed by atoms with van der Waals surface area (Å²) in [5.74, 6) is 0.803. The smallest absolute Gasteiger partial charge is 0.185 e. The molecule has 0 saturated carbocycles. The summed E-state index contributed by atoms with van der Waals surface area (Å²) in [6.07, 6.45) is 11.8. The van der Waals surface area contributed by atoms with E-state index in [9.17, 15) is 4.79 Å². The standard InChI is InChI=1S/C12H23ClOS/c13-11-9-7-5-3-1-2-4-6-8-10-12(14)15/h1-11H2,(H,14,15). The van der Waals surface area contributed by atoms with Crippen molar-refractivity contribution in [3.8, 4) is 0 Å². The maximum Gasteiger partial charge on any atom is 0.185 e. The van der Waals surface area contributed by atoms with Crippen molar-refractivity contribution < 1.29 is 4.79 Å². The van der Waals surface area contributed by atoms with Crippen molar-refractivity contribution in [3.05, 3.63) is 0 Å². The van der Waals surface area contributed by atoms with Gasteiger partial charge in [0.1, 0.15) is 0 Å². The SMILES string of the molecule is O=C(S)CCCCCCCCCCCCl. The third-order valence-corrected chi connectivity index (χ3v) is 3.02. The molecule has 0 fully saturated rings. The van der Waals surface area contributed by atoms with E-state index in [1.54, 1.807) is 0 Å². The van der Waals surface area contributed by atoms with Gasteiger partial charge in [-0.15, -0.1) is 24.2 Å². The summed E-state index contributed by atoms with van der Waals surface area (Å²) in [4.78, 5) is 10.5. The number of hydrogen-bond donors (Lipinski definition) is 1. The fraction of sp³-hybridized carbons (Fsp3) is 0.917. The minimum absolute atomic E-state index is 0.0241. The van der Waals surface area contributed by atoms with Gasteiger partial charge in [0.25, 0.3) is 0 Å². The summed E-state index contributed by atoms with van der Waals surface area (Å²) in [6.45, 7) is 0. The first kappa shape index (κ1) is 15.3. The third-order valence-electron chi connectivity index (χ3n) is 2.52. The Labute approximate surface area is 104 Å². The lowest BCUT2D eigenvalue weighted by atomic mass is 10.1. The highest BCUT2D eigenvalue weighted by Gasteiger charge is 1.95. The molecule has 0 unspecified atom stereocenters. The zero-order valence-electron chi connectivity index (χ0n) is 9.51. The van der Waals surface area contributed by atoms with Crippen molar-refractivity contribution in [2.75, 3.05) is 5.88 Å². The first-order chi connectivity index (χ1) is 7.27. The van der Waals surface area contributed by atoms with Crippen LogP contribution in [-0.4, -0.2) is 11.0 Å². The summed E-state index contributed by atoms with van der Waals surface area (Å²) < 4.78 is 0. The minimum Gasteiger partial charge on any atom is -0.288 e. The summed E-state index contributed by atoms with van der Waals surface area (Å²) >= 11 is 9.33. The van der Waals surface area contributed by atoms with E-state index in [0.717, 1.165) is 18.7 Å². The molecule has 15 heavy (non-hydrogen) atoms. The van der Waals surface area contributed by atoms with Crippen LogP contribution < -0.4 is 0 Å². The number of carbonyl (C=O) groups excluding carboxylic acids is 1. The lowest BCUT2D eigenvalue weighted by Gasteiger charge is -2.00. The summed E-state index contributed by atoms with van der Waals surface area (Å²) in [5.41, 5.74) is 0. The summed E-state index contributed by atoms with van der Waals surface area (Å²) in [6, 6.07) is 0. The maximum atomic E-state index is 10.5. The van der Waals surface area contributed by atoms with Gasteiger partial charge in [-0.2, -0.15) is 0 Å². The Kier molecular flexibility index (Phi) is 12.6. The molecule has 0 aliphatic carbocycles. The van der Waals surface area contributed by atoms with Gasteiger partial charge in [0.15, 0.2) is 5.12 Å². The number of alkyl halides is 1. The van der Waals surface area contributed by atoms with Crippen LogP contribution in [0.4, 0.5) is 0 Å². The summed E-state index contributed by atoms with van der Waals surface area (Å²) in [7, 11) is 0. The largest absolute Gasteiger partial charge is 0.288 e. The van der Waals surface area contributed by atoms with Gasteiger partial charge in [0.05, 0.1) is 0 Å². The molecule has 0 atom stereocenters. The molecule has 0 bridgehead atoms. The predicted octanol–water partition coefficient (Wildman–Crippen LogP) is 4.58. The molecule has 0 aliphatic rings. The van der Waals surface area contributed by atoms with Gasteiger partial charge in [-0.05, 0) is 12.8 Å². The zero-order valence-corrected chi connectivity index (χ0v) is 11.2. The Balaban J connectivity index is 2.89. The average Bonchev–Trinajstić information content (AvgIpc) is 2.20. The molecule has 0 aliphatic heterocycles. The van der Waals surface area contributed by atoms with Crippen LogP contribution in [0.5, 0.6) is 0 Å². The second-order valence-corrected chi connectivity index (χ2v) is 4.89. The van der Waals surface area contributed by atoms with Crippen LogP contribution in [0.2, 0.25) is 0 Å². The molecule has 1 nitrogen and oxygen atoms in total. The van der Waals surface area contributed by atoms with E-state index in [0.29, 0.717) is 6.42 Å². The zero-order chi connectivity index (χ0) is 11.4. The average molecular weight is 251 g/mol. The van der Waals surface area contributed by atoms with Crippen LogP contribution in [0.1, 0.15) is 64.2 Å². The normalized spacial score (nSPS) is 10.5. The van der Waals surface area contributed by atoms with Crippen LogP contribution >= 0.6 is 24.2 Å². The Morgan fingerprint density at radius 3 is 1.60 bits per heavy atom. The number of halogens is 1. The molecule has 0 N–H and O–H groups in total. The van der Waals surface area contributed by atoms with E-state index in [4.69, 9.17) is 11.6 Å². The van der Waals surface area contributed by atoms with Crippen LogP contribution in [0, 0.1) is 0 Å². The number of unbranched alkanes of at least 4 members (excludes halogenated alkanes) is 8. The first-order valence-electron chi connectivity index (χ1n) is 6.05. The van der Waals surface area contributed by atoms with Gasteiger partial charge < -0.3 is 0 Å². The van der Waals surface area contributed by atoms with Crippen molar-refractivity contribution in [2.45, 2.75) is 64.2 Å². The Bertz CT molecular complexity index is 151. The number of thiol groups is 1. The number of carbonyl (C=O) groups is 1. The van der Waals surface area contributed by atoms with E-state index >= 15 is 0 Å². The molecular formula is C12H23ClOS. The molecule has 3 heteroatoms. The topological polar surface area (TPSA) is 17.1 Å². The summed E-state index contributed by atoms with van der Waals surface area (Å²) in [5, 5.41) is 0.0241. The fourth-order valence-corrected chi connectivity index (χ4v) is 1.96. The van der Waals surface area contributed by atoms with Crippen LogP contribution in [0.25, 0.3) is 0 Å². The first-order valence-corrected chi connectivity index (χ1v) is 7.03. The van der Waals surface area contributed by atoms with E-state index in [1.165, 1.54) is 44.9 Å². The highest BCUT2D eigenvalue weighted by Crippen LogP contribution is 2.11. The molecule has 0 saturated heterocycles. The highest BCUT2D eigenvalue weighted by atomic mass is 35.5. The van der Waals surface area contributed by atoms with Gasteiger partial charge in [0, 0.05) is 12.3 Å². The van der Waals surface area contributed by atoms with Crippen molar-refractivity contribution >= 4 is 29.3 Å². The second kappa shape index (κ2) is 12.4. The molecule has 0 spiro atoms. The quantitative estimate of drug-likeness (QED) is 0.323. The number of rotatable bonds is 11. The van der Waals surface area contributed by atoms with E-state index in [1.807, 2.05) is 0 Å². The molecule has 0 aromatic carbocycles. The lowest BCUT2D eigenvalue weighted by Crippen LogP contribution is -1.86. The highest BCUT2D eigenvalue weighted by molar-refractivity contribution is 7.96. The predicted molar refractivity (Wildman–Crippen MR) is 70.9 cm³/mol. The van der Waals surface area contributed by atoms with E-state index in [-0.39, 0.29) is 5.12 Å². The second-order valence-electron chi connectivity index (χ2n) is 4.01. The van der Waals surface area contributed by atoms with Gasteiger partial charge in [-0.25, -0.2) is 0 Å². The molecule has 0 aromatic rings. The van der Waals surface area contributed by atoms with Gasteiger partial charge in [0.2, 0.25) is 0 Å². The lowest BCUT2D eigenvalue weighted by molar-refractivity contribution is -0.110. The molecular weight excluding hydrogens is 228 g/mol. The molecule has 0 rings (SSSR count). The van der Waals surface area contributed by atoms with Crippen LogP contribution in [0.15, 0.2) is 0 Å². The van der Waals surface area contributed by atoms with Crippen LogP contribution in [-0.2, 0) is 4.79 Å². The van der Waals surface area contributed by atoms with Crippen molar-refractivity contribution in [2.24, 2.45) is 0 Å². The van der Waals surface area contributed by atoms with Crippen LogP contribution in [0.3, 0.4) is 0 Å².